The fraction of sp³-hybridized carbons (Fsp3) is 0.400. The third-order valence-electron chi connectivity index (χ3n) is 5.60. The van der Waals surface area contributed by atoms with E-state index in [0.717, 1.165) is 54.8 Å². The van der Waals surface area contributed by atoms with Gasteiger partial charge in [0.05, 0.1) is 5.69 Å². The Morgan fingerprint density at radius 2 is 2.12 bits per heavy atom. The van der Waals surface area contributed by atoms with Crippen LogP contribution in [0.1, 0.15) is 42.1 Å². The molecule has 0 amide bonds. The van der Waals surface area contributed by atoms with Gasteiger partial charge in [-0.1, -0.05) is 12.1 Å². The quantitative estimate of drug-likeness (QED) is 0.796. The van der Waals surface area contributed by atoms with Crippen molar-refractivity contribution in [3.8, 4) is 5.75 Å². The lowest BCUT2D eigenvalue weighted by Gasteiger charge is -2.17. The second-order valence-corrected chi connectivity index (χ2v) is 7.12. The number of nitrogens with one attached hydrogen (secondary N) is 1. The monoisotopic (exact) mass is 334 g/mol. The lowest BCUT2D eigenvalue weighted by atomic mass is 10.1. The first kappa shape index (κ1) is 14.9. The van der Waals surface area contributed by atoms with Crippen molar-refractivity contribution in [1.29, 1.82) is 0 Å². The van der Waals surface area contributed by atoms with Crippen LogP contribution in [-0.2, 0) is 13.1 Å². The fourth-order valence-corrected chi connectivity index (χ4v) is 4.26. The van der Waals surface area contributed by atoms with E-state index in [1.807, 2.05) is 6.92 Å². The molecule has 0 spiro atoms. The van der Waals surface area contributed by atoms with Crippen LogP contribution in [0, 0.1) is 6.92 Å². The van der Waals surface area contributed by atoms with Crippen LogP contribution >= 0.6 is 0 Å². The lowest BCUT2D eigenvalue weighted by Crippen LogP contribution is -2.14. The van der Waals surface area contributed by atoms with Crippen LogP contribution in [0.5, 0.6) is 5.75 Å². The molecule has 1 aliphatic heterocycles. The van der Waals surface area contributed by atoms with Crippen molar-refractivity contribution in [2.45, 2.75) is 51.4 Å². The summed E-state index contributed by atoms with van der Waals surface area (Å²) in [5, 5.41) is 4.56. The van der Waals surface area contributed by atoms with E-state index in [-0.39, 0.29) is 6.10 Å². The molecular formula is C20H22N4O. The predicted molar refractivity (Wildman–Crippen MR) is 96.6 cm³/mol. The van der Waals surface area contributed by atoms with E-state index < -0.39 is 0 Å². The van der Waals surface area contributed by atoms with Crippen molar-refractivity contribution in [3.05, 3.63) is 53.6 Å². The van der Waals surface area contributed by atoms with Crippen LogP contribution in [0.15, 0.2) is 36.8 Å². The molecule has 2 unspecified atom stereocenters. The molecule has 2 aliphatic rings. The number of aryl methyl sites for hydroxylation is 1. The number of fused-ring (bicyclic) bond motifs is 2. The summed E-state index contributed by atoms with van der Waals surface area (Å²) in [5.41, 5.74) is 4.79. The van der Waals surface area contributed by atoms with Gasteiger partial charge < -0.3 is 14.6 Å². The second kappa shape index (κ2) is 5.85. The van der Waals surface area contributed by atoms with Gasteiger partial charge in [0.1, 0.15) is 23.8 Å². The Labute approximate surface area is 147 Å². The van der Waals surface area contributed by atoms with Gasteiger partial charge in [-0.25, -0.2) is 9.97 Å². The molecule has 5 nitrogen and oxygen atoms in total. The molecule has 5 rings (SSSR count). The highest BCUT2D eigenvalue weighted by molar-refractivity contribution is 5.78. The maximum Gasteiger partial charge on any atom is 0.143 e. The summed E-state index contributed by atoms with van der Waals surface area (Å²) >= 11 is 0. The molecule has 1 saturated carbocycles. The van der Waals surface area contributed by atoms with Crippen molar-refractivity contribution in [3.63, 3.8) is 0 Å². The highest BCUT2D eigenvalue weighted by atomic mass is 16.5. The molecule has 0 bridgehead atoms. The average Bonchev–Trinajstić information content (AvgIpc) is 3.34. The topological polar surface area (TPSA) is 52.0 Å². The molecule has 3 heterocycles. The van der Waals surface area contributed by atoms with Crippen LogP contribution in [0.2, 0.25) is 0 Å². The van der Waals surface area contributed by atoms with Gasteiger partial charge in [0.2, 0.25) is 0 Å². The first-order valence-corrected chi connectivity index (χ1v) is 9.06. The molecule has 25 heavy (non-hydrogen) atoms. The zero-order valence-corrected chi connectivity index (χ0v) is 14.4. The molecule has 5 heteroatoms. The molecule has 128 valence electrons. The lowest BCUT2D eigenvalue weighted by molar-refractivity contribution is 0.203. The first-order chi connectivity index (χ1) is 12.3. The number of rotatable bonds is 3. The van der Waals surface area contributed by atoms with Gasteiger partial charge in [-0.05, 0) is 37.5 Å². The molecule has 1 fully saturated rings. The van der Waals surface area contributed by atoms with E-state index in [4.69, 9.17) is 4.74 Å². The fourth-order valence-electron chi connectivity index (χ4n) is 4.26. The van der Waals surface area contributed by atoms with E-state index in [1.54, 1.807) is 6.33 Å². The first-order valence-electron chi connectivity index (χ1n) is 9.06. The number of ether oxygens (including phenoxy) is 1. The summed E-state index contributed by atoms with van der Waals surface area (Å²) in [5.74, 6) is 1.06. The largest absolute Gasteiger partial charge is 0.490 e. The molecule has 1 N–H and O–H groups in total. The van der Waals surface area contributed by atoms with Gasteiger partial charge in [0, 0.05) is 42.7 Å². The number of hydrogen-bond donors (Lipinski definition) is 1. The van der Waals surface area contributed by atoms with Crippen molar-refractivity contribution < 1.29 is 4.74 Å². The average molecular weight is 334 g/mol. The van der Waals surface area contributed by atoms with E-state index in [1.165, 1.54) is 11.1 Å². The van der Waals surface area contributed by atoms with Gasteiger partial charge in [-0.2, -0.15) is 0 Å². The molecule has 0 saturated heterocycles. The Kier molecular flexibility index (Phi) is 3.48. The number of hydrogen-bond acceptors (Lipinski definition) is 4. The molecular weight excluding hydrogens is 312 g/mol. The number of aromatic nitrogens is 3. The van der Waals surface area contributed by atoms with Gasteiger partial charge in [0.25, 0.3) is 0 Å². The third-order valence-corrected chi connectivity index (χ3v) is 5.60. The molecule has 1 aliphatic carbocycles. The third kappa shape index (κ3) is 2.50. The van der Waals surface area contributed by atoms with Crippen molar-refractivity contribution in [2.24, 2.45) is 0 Å². The minimum absolute atomic E-state index is 0.275. The molecule has 0 radical (unpaired) electrons. The van der Waals surface area contributed by atoms with Crippen LogP contribution in [-0.4, -0.2) is 20.6 Å². The Morgan fingerprint density at radius 3 is 3.08 bits per heavy atom. The normalized spacial score (nSPS) is 22.4. The maximum absolute atomic E-state index is 6.40. The Bertz CT molecular complexity index is 933. The van der Waals surface area contributed by atoms with Crippen LogP contribution < -0.4 is 10.1 Å². The number of benzene rings is 1. The minimum atomic E-state index is 0.275. The smallest absolute Gasteiger partial charge is 0.143 e. The molecule has 1 aromatic carbocycles. The summed E-state index contributed by atoms with van der Waals surface area (Å²) in [6, 6.07) is 8.99. The number of nitrogens with zero attached hydrogens (tertiary/aromatic N) is 3. The summed E-state index contributed by atoms with van der Waals surface area (Å²) in [6.45, 7) is 3.91. The van der Waals surface area contributed by atoms with Gasteiger partial charge >= 0.3 is 0 Å². The molecule has 2 atom stereocenters. The highest BCUT2D eigenvalue weighted by Gasteiger charge is 2.29. The molecule has 3 aromatic rings. The zero-order chi connectivity index (χ0) is 16.8. The van der Waals surface area contributed by atoms with E-state index in [9.17, 15) is 0 Å². The maximum atomic E-state index is 6.40. The second-order valence-electron chi connectivity index (χ2n) is 7.12. The van der Waals surface area contributed by atoms with Gasteiger partial charge in [-0.15, -0.1) is 0 Å². The van der Waals surface area contributed by atoms with Crippen molar-refractivity contribution >= 4 is 11.0 Å². The van der Waals surface area contributed by atoms with E-state index in [2.05, 4.69) is 50.3 Å². The van der Waals surface area contributed by atoms with Gasteiger partial charge in [-0.3, -0.25) is 0 Å². The summed E-state index contributed by atoms with van der Waals surface area (Å²) in [6.07, 6.45) is 7.35. The van der Waals surface area contributed by atoms with E-state index in [0.29, 0.717) is 6.04 Å². The molecule has 2 aromatic heterocycles. The van der Waals surface area contributed by atoms with E-state index >= 15 is 0 Å². The zero-order valence-electron chi connectivity index (χ0n) is 14.4. The van der Waals surface area contributed by atoms with Crippen LogP contribution in [0.4, 0.5) is 0 Å². The van der Waals surface area contributed by atoms with Gasteiger partial charge in [0.15, 0.2) is 0 Å². The SMILES string of the molecule is Cc1ncnc2c1ccn2C1CCC(Oc2cccc3c2CNC3)C1. The van der Waals surface area contributed by atoms with Crippen molar-refractivity contribution in [1.82, 2.24) is 19.9 Å². The van der Waals surface area contributed by atoms with Crippen molar-refractivity contribution in [2.75, 3.05) is 0 Å². The summed E-state index contributed by atoms with van der Waals surface area (Å²) in [7, 11) is 0. The predicted octanol–water partition coefficient (Wildman–Crippen LogP) is 3.52. The standard InChI is InChI=1S/C20H22N4O/c1-13-17-7-8-24(20(17)23-12-22-13)15-5-6-16(9-15)25-19-4-2-3-14-10-21-11-18(14)19/h2-4,7-8,12,15-16,21H,5-6,9-11H2,1H3. The summed E-state index contributed by atoms with van der Waals surface area (Å²) < 4.78 is 8.71. The Hall–Kier alpha value is -2.40. The Morgan fingerprint density at radius 1 is 1.16 bits per heavy atom. The summed E-state index contributed by atoms with van der Waals surface area (Å²) in [4.78, 5) is 8.80. The Balaban J connectivity index is 1.36. The van der Waals surface area contributed by atoms with Crippen LogP contribution in [0.25, 0.3) is 11.0 Å². The minimum Gasteiger partial charge on any atom is -0.490 e. The highest BCUT2D eigenvalue weighted by Crippen LogP contribution is 2.36. The van der Waals surface area contributed by atoms with Crippen LogP contribution in [0.3, 0.4) is 0 Å².